The molecule has 8 heavy (non-hydrogen) atoms. The van der Waals surface area contributed by atoms with Gasteiger partial charge in [-0.25, -0.2) is 5.84 Å². The van der Waals surface area contributed by atoms with Crippen LogP contribution in [0, 0.1) is 0 Å². The molecule has 5 nitrogen and oxygen atoms in total. The van der Waals surface area contributed by atoms with Gasteiger partial charge in [0.05, 0.1) is 0 Å². The van der Waals surface area contributed by atoms with Crippen LogP contribution in [0.3, 0.4) is 0 Å². The molecule has 0 aromatic carbocycles. The van der Waals surface area contributed by atoms with E-state index in [1.807, 2.05) is 0 Å². The number of nitrogens with one attached hydrogen (secondary N) is 2. The molecule has 0 aliphatic carbocycles. The lowest BCUT2D eigenvalue weighted by Gasteiger charge is -1.98. The molecule has 4 N–H and O–H groups in total. The third-order valence-corrected chi connectivity index (χ3v) is 0.544. The molecule has 0 unspecified atom stereocenters. The van der Waals surface area contributed by atoms with Gasteiger partial charge >= 0.3 is 0 Å². The zero-order valence-electron chi connectivity index (χ0n) is 4.68. The summed E-state index contributed by atoms with van der Waals surface area (Å²) in [4.78, 5) is 0. The van der Waals surface area contributed by atoms with Crippen molar-refractivity contribution in [2.24, 2.45) is 16.0 Å². The Hall–Kier alpha value is -1.10. The third kappa shape index (κ3) is 2.14. The molecule has 0 aliphatic rings. The van der Waals surface area contributed by atoms with Gasteiger partial charge in [0, 0.05) is 13.8 Å². The second-order valence-electron chi connectivity index (χ2n) is 0.984. The largest absolute Gasteiger partial charge is 0.357 e. The summed E-state index contributed by atoms with van der Waals surface area (Å²) in [6.07, 6.45) is 0. The number of rotatable bonds is 1. The summed E-state index contributed by atoms with van der Waals surface area (Å²) in [7, 11) is 1.67. The van der Waals surface area contributed by atoms with Gasteiger partial charge in [-0.05, 0) is 0 Å². The predicted molar refractivity (Wildman–Crippen MR) is 33.4 cm³/mol. The Morgan fingerprint density at radius 3 is 2.50 bits per heavy atom. The first-order chi connectivity index (χ1) is 3.85. The topological polar surface area (TPSA) is 74.8 Å². The highest BCUT2D eigenvalue weighted by atomic mass is 15.4. The highest BCUT2D eigenvalue weighted by molar-refractivity contribution is 5.78. The van der Waals surface area contributed by atoms with Gasteiger partial charge in [0.2, 0.25) is 5.96 Å². The Morgan fingerprint density at radius 1 is 1.75 bits per heavy atom. The molecule has 5 heteroatoms. The highest BCUT2D eigenvalue weighted by Crippen LogP contribution is 1.63. The van der Waals surface area contributed by atoms with Crippen LogP contribution >= 0.6 is 0 Å². The smallest absolute Gasteiger partial charge is 0.230 e. The monoisotopic (exact) mass is 115 g/mol. The number of nitrogens with two attached hydrogens (primary N) is 1. The second-order valence-corrected chi connectivity index (χ2v) is 0.984. The Labute approximate surface area is 47.6 Å². The molecular weight excluding hydrogens is 106 g/mol. The first kappa shape index (κ1) is 6.90. The van der Waals surface area contributed by atoms with Crippen LogP contribution in [0.15, 0.2) is 10.2 Å². The molecule has 0 bridgehead atoms. The molecule has 0 aromatic heterocycles. The van der Waals surface area contributed by atoms with E-state index in [0.29, 0.717) is 5.96 Å². The Morgan fingerprint density at radius 2 is 2.38 bits per heavy atom. The zero-order valence-corrected chi connectivity index (χ0v) is 4.68. The lowest BCUT2D eigenvalue weighted by molar-refractivity contribution is 0.927. The molecule has 0 heterocycles. The molecule has 0 saturated carbocycles. The van der Waals surface area contributed by atoms with Crippen LogP contribution in [0.1, 0.15) is 0 Å². The summed E-state index contributed by atoms with van der Waals surface area (Å²) in [5, 5.41) is 9.29. The van der Waals surface area contributed by atoms with E-state index in [0.717, 1.165) is 0 Å². The second kappa shape index (κ2) is 4.07. The minimum atomic E-state index is 0.389. The van der Waals surface area contributed by atoms with E-state index in [4.69, 9.17) is 5.84 Å². The SMILES string of the molecule is C=N/N=C(/NC)NN. The van der Waals surface area contributed by atoms with Crippen LogP contribution < -0.4 is 16.6 Å². The fraction of sp³-hybridized carbons (Fsp3) is 0.333. The van der Waals surface area contributed by atoms with Gasteiger partial charge in [-0.2, -0.15) is 5.10 Å². The molecule has 0 amide bonds. The Kier molecular flexibility index (Phi) is 3.51. The van der Waals surface area contributed by atoms with Gasteiger partial charge in [-0.15, -0.1) is 5.10 Å². The van der Waals surface area contributed by atoms with E-state index in [9.17, 15) is 0 Å². The molecule has 0 rings (SSSR count). The standard InChI is InChI=1S/C3H9N5/c1-5-3(7-4)8-6-2/h2,4H2,1H3,(H2,5,7,8). The average Bonchev–Trinajstić information content (AvgIpc) is 1.83. The van der Waals surface area contributed by atoms with Crippen molar-refractivity contribution in [3.8, 4) is 0 Å². The maximum atomic E-state index is 4.94. The van der Waals surface area contributed by atoms with Crippen molar-refractivity contribution >= 4 is 12.7 Å². The minimum absolute atomic E-state index is 0.389. The summed E-state index contributed by atoms with van der Waals surface area (Å²) < 4.78 is 0. The average molecular weight is 115 g/mol. The minimum Gasteiger partial charge on any atom is -0.357 e. The molecule has 0 spiro atoms. The van der Waals surface area contributed by atoms with E-state index in [1.54, 1.807) is 7.05 Å². The van der Waals surface area contributed by atoms with Crippen LogP contribution in [0.2, 0.25) is 0 Å². The van der Waals surface area contributed by atoms with Crippen LogP contribution in [-0.2, 0) is 0 Å². The van der Waals surface area contributed by atoms with Crippen LogP contribution in [0.4, 0.5) is 0 Å². The molecule has 0 atom stereocenters. The number of nitrogens with zero attached hydrogens (tertiary/aromatic N) is 2. The quantitative estimate of drug-likeness (QED) is 0.171. The van der Waals surface area contributed by atoms with Gasteiger partial charge in [0.15, 0.2) is 0 Å². The normalized spacial score (nSPS) is 10.5. The maximum Gasteiger partial charge on any atom is 0.230 e. The van der Waals surface area contributed by atoms with E-state index in [1.165, 1.54) is 0 Å². The maximum absolute atomic E-state index is 4.94. The van der Waals surface area contributed by atoms with Crippen LogP contribution in [-0.4, -0.2) is 19.7 Å². The first-order valence-electron chi connectivity index (χ1n) is 2.03. The number of guanidine groups is 1. The summed E-state index contributed by atoms with van der Waals surface area (Å²) in [6.45, 7) is 3.12. The van der Waals surface area contributed by atoms with E-state index in [2.05, 4.69) is 27.7 Å². The van der Waals surface area contributed by atoms with Crippen LogP contribution in [0.5, 0.6) is 0 Å². The molecule has 0 aromatic rings. The molecular formula is C3H9N5. The van der Waals surface area contributed by atoms with Gasteiger partial charge < -0.3 is 5.32 Å². The Balaban J connectivity index is 3.66. The molecule has 0 fully saturated rings. The molecule has 0 aliphatic heterocycles. The van der Waals surface area contributed by atoms with Crippen molar-refractivity contribution in [1.29, 1.82) is 0 Å². The number of hydrogen-bond donors (Lipinski definition) is 3. The molecule has 0 radical (unpaired) electrons. The summed E-state index contributed by atoms with van der Waals surface area (Å²) >= 11 is 0. The predicted octanol–water partition coefficient (Wildman–Crippen LogP) is -1.36. The van der Waals surface area contributed by atoms with Crippen molar-refractivity contribution < 1.29 is 0 Å². The van der Waals surface area contributed by atoms with Gasteiger partial charge in [-0.1, -0.05) is 0 Å². The van der Waals surface area contributed by atoms with Crippen LogP contribution in [0.25, 0.3) is 0 Å². The van der Waals surface area contributed by atoms with Crippen molar-refractivity contribution in [2.45, 2.75) is 0 Å². The van der Waals surface area contributed by atoms with Crippen molar-refractivity contribution in [1.82, 2.24) is 10.7 Å². The van der Waals surface area contributed by atoms with Crippen molar-refractivity contribution in [3.05, 3.63) is 0 Å². The lowest BCUT2D eigenvalue weighted by Crippen LogP contribution is -2.39. The van der Waals surface area contributed by atoms with E-state index >= 15 is 0 Å². The van der Waals surface area contributed by atoms with Crippen molar-refractivity contribution in [3.63, 3.8) is 0 Å². The van der Waals surface area contributed by atoms with E-state index in [-0.39, 0.29) is 0 Å². The number of hydrogen-bond acceptors (Lipinski definition) is 3. The third-order valence-electron chi connectivity index (χ3n) is 0.544. The summed E-state index contributed by atoms with van der Waals surface area (Å²) in [6, 6.07) is 0. The lowest BCUT2D eigenvalue weighted by atomic mass is 11.0. The zero-order chi connectivity index (χ0) is 6.41. The Bertz CT molecular complexity index is 89.8. The first-order valence-corrected chi connectivity index (χ1v) is 2.03. The van der Waals surface area contributed by atoms with Gasteiger partial charge in [-0.3, -0.25) is 5.43 Å². The van der Waals surface area contributed by atoms with E-state index < -0.39 is 0 Å². The fourth-order valence-electron chi connectivity index (χ4n) is 0.222. The number of hydrazine groups is 1. The molecule has 0 saturated heterocycles. The summed E-state index contributed by atoms with van der Waals surface area (Å²) in [5.41, 5.74) is 2.26. The fourth-order valence-corrected chi connectivity index (χ4v) is 0.222. The van der Waals surface area contributed by atoms with Gasteiger partial charge in [0.1, 0.15) is 0 Å². The van der Waals surface area contributed by atoms with Gasteiger partial charge in [0.25, 0.3) is 0 Å². The molecule has 46 valence electrons. The highest BCUT2D eigenvalue weighted by Gasteiger charge is 1.83. The summed E-state index contributed by atoms with van der Waals surface area (Å²) in [5.74, 6) is 5.33. The van der Waals surface area contributed by atoms with Crippen molar-refractivity contribution in [2.75, 3.05) is 7.05 Å².